The number of piperidine rings is 2. The van der Waals surface area contributed by atoms with Gasteiger partial charge in [-0.3, -0.25) is 25.4 Å². The molecule has 37 heavy (non-hydrogen) atoms. The SMILES string of the molecule is CC(=N)N(C(=N)C(C)C)C1CC2C[C@@H](C1)N2CC[C@H](NC(=O)[C@H]1CCC(F)(F)CN1C)c1ccccc1. The van der Waals surface area contributed by atoms with Gasteiger partial charge in [-0.15, -0.1) is 0 Å². The fourth-order valence-electron chi connectivity index (χ4n) is 6.45. The number of amidine groups is 2. The first-order valence-corrected chi connectivity index (χ1v) is 13.6. The smallest absolute Gasteiger partial charge is 0.260 e. The van der Waals surface area contributed by atoms with Crippen molar-refractivity contribution in [2.24, 2.45) is 5.92 Å². The maximum Gasteiger partial charge on any atom is 0.260 e. The van der Waals surface area contributed by atoms with Crippen LogP contribution in [0.3, 0.4) is 0 Å². The van der Waals surface area contributed by atoms with Crippen molar-refractivity contribution in [3.05, 3.63) is 35.9 Å². The van der Waals surface area contributed by atoms with Crippen molar-refractivity contribution < 1.29 is 13.6 Å². The first kappa shape index (κ1) is 27.6. The van der Waals surface area contributed by atoms with Gasteiger partial charge in [0.05, 0.1) is 24.5 Å². The van der Waals surface area contributed by atoms with E-state index in [1.54, 1.807) is 14.0 Å². The molecule has 1 saturated carbocycles. The Bertz CT molecular complexity index is 974. The van der Waals surface area contributed by atoms with Crippen LogP contribution < -0.4 is 5.32 Å². The highest BCUT2D eigenvalue weighted by Crippen LogP contribution is 2.41. The number of nitrogens with zero attached hydrogens (tertiary/aromatic N) is 3. The van der Waals surface area contributed by atoms with Gasteiger partial charge in [0.25, 0.3) is 5.92 Å². The maximum atomic E-state index is 13.8. The minimum absolute atomic E-state index is 0.0827. The van der Waals surface area contributed by atoms with Crippen molar-refractivity contribution >= 4 is 17.6 Å². The molecular weight excluding hydrogens is 474 g/mol. The minimum Gasteiger partial charge on any atom is -0.348 e. The van der Waals surface area contributed by atoms with Crippen LogP contribution in [0, 0.1) is 16.7 Å². The van der Waals surface area contributed by atoms with Gasteiger partial charge in [-0.05, 0) is 51.6 Å². The molecule has 1 aromatic rings. The fourth-order valence-corrected chi connectivity index (χ4v) is 6.45. The number of carbonyl (C=O) groups excluding carboxylic acids is 1. The van der Waals surface area contributed by atoms with E-state index in [9.17, 15) is 13.6 Å². The Balaban J connectivity index is 1.38. The van der Waals surface area contributed by atoms with Crippen molar-refractivity contribution in [3.63, 3.8) is 0 Å². The zero-order valence-corrected chi connectivity index (χ0v) is 22.5. The van der Waals surface area contributed by atoms with Crippen molar-refractivity contribution in [2.75, 3.05) is 20.1 Å². The Labute approximate surface area is 219 Å². The number of hydrogen-bond acceptors (Lipinski definition) is 5. The van der Waals surface area contributed by atoms with E-state index in [0.717, 1.165) is 37.8 Å². The summed E-state index contributed by atoms with van der Waals surface area (Å²) in [4.78, 5) is 19.1. The van der Waals surface area contributed by atoms with Gasteiger partial charge in [0, 0.05) is 37.0 Å². The first-order chi connectivity index (χ1) is 17.5. The van der Waals surface area contributed by atoms with Crippen LogP contribution in [0.5, 0.6) is 0 Å². The normalized spacial score (nSPS) is 28.3. The lowest BCUT2D eigenvalue weighted by Gasteiger charge is -2.57. The summed E-state index contributed by atoms with van der Waals surface area (Å²) in [7, 11) is 1.60. The Morgan fingerprint density at radius 2 is 1.81 bits per heavy atom. The summed E-state index contributed by atoms with van der Waals surface area (Å²) in [5.74, 6) is -1.88. The third kappa shape index (κ3) is 6.20. The molecule has 3 heterocycles. The van der Waals surface area contributed by atoms with E-state index in [0.29, 0.717) is 23.8 Å². The van der Waals surface area contributed by atoms with Gasteiger partial charge >= 0.3 is 0 Å². The summed E-state index contributed by atoms with van der Waals surface area (Å²) in [5.41, 5.74) is 1.03. The average Bonchev–Trinajstić information content (AvgIpc) is 2.83. The summed E-state index contributed by atoms with van der Waals surface area (Å²) in [6.45, 7) is 6.23. The Kier molecular flexibility index (Phi) is 8.33. The molecule has 204 valence electrons. The van der Waals surface area contributed by atoms with E-state index in [2.05, 4.69) is 10.2 Å². The van der Waals surface area contributed by atoms with E-state index in [-0.39, 0.29) is 43.3 Å². The standard InChI is InChI=1S/C28H42F2N6O/c1-18(2)26(32)36(19(3)31)23-15-21-14-22(16-23)35(21)13-11-24(20-8-6-5-7-9-20)33-27(37)25-10-12-28(29,30)17-34(25)4/h5-9,18,21-25,31-32H,10-17H2,1-4H3,(H,33,37)/t21-,22?,23?,24-,25+/m0/s1. The number of halogens is 2. The first-order valence-electron chi connectivity index (χ1n) is 13.6. The number of fused-ring (bicyclic) bond motifs is 2. The molecule has 0 aromatic heterocycles. The predicted molar refractivity (Wildman–Crippen MR) is 142 cm³/mol. The molecule has 2 unspecified atom stereocenters. The molecule has 4 aliphatic rings. The number of benzene rings is 1. The molecule has 1 amide bonds. The molecular formula is C28H42F2N6O. The molecule has 7 nitrogen and oxygen atoms in total. The van der Waals surface area contributed by atoms with Gasteiger partial charge in [0.1, 0.15) is 5.84 Å². The monoisotopic (exact) mass is 516 g/mol. The second kappa shape index (κ2) is 11.2. The van der Waals surface area contributed by atoms with Crippen LogP contribution in [0.1, 0.15) is 70.9 Å². The molecule has 9 heteroatoms. The van der Waals surface area contributed by atoms with E-state index in [1.165, 1.54) is 4.90 Å². The maximum absolute atomic E-state index is 13.8. The second-order valence-corrected chi connectivity index (χ2v) is 11.5. The highest BCUT2D eigenvalue weighted by molar-refractivity contribution is 5.98. The number of rotatable bonds is 8. The second-order valence-electron chi connectivity index (χ2n) is 11.5. The van der Waals surface area contributed by atoms with E-state index >= 15 is 0 Å². The fraction of sp³-hybridized carbons (Fsp3) is 0.679. The summed E-state index contributed by atoms with van der Waals surface area (Å²) < 4.78 is 27.6. The molecule has 0 radical (unpaired) electrons. The molecule has 3 N–H and O–H groups in total. The quantitative estimate of drug-likeness (QED) is 0.351. The summed E-state index contributed by atoms with van der Waals surface area (Å²) in [6.07, 6.45) is 3.65. The zero-order valence-electron chi connectivity index (χ0n) is 22.5. The molecule has 4 fully saturated rings. The molecule has 5 rings (SSSR count). The van der Waals surface area contributed by atoms with E-state index < -0.39 is 12.0 Å². The van der Waals surface area contributed by atoms with Gasteiger partial charge in [-0.1, -0.05) is 44.2 Å². The number of likely N-dealkylation sites (tertiary alicyclic amines) is 1. The lowest BCUT2D eigenvalue weighted by molar-refractivity contribution is -0.134. The van der Waals surface area contributed by atoms with Gasteiger partial charge in [0.15, 0.2) is 0 Å². The van der Waals surface area contributed by atoms with Crippen LogP contribution in [-0.2, 0) is 4.79 Å². The van der Waals surface area contributed by atoms with E-state index in [1.807, 2.05) is 49.1 Å². The largest absolute Gasteiger partial charge is 0.348 e. The third-order valence-electron chi connectivity index (χ3n) is 8.40. The molecule has 2 bridgehead atoms. The predicted octanol–water partition coefficient (Wildman–Crippen LogP) is 4.50. The lowest BCUT2D eigenvalue weighted by Crippen LogP contribution is -2.65. The van der Waals surface area contributed by atoms with Crippen molar-refractivity contribution in [2.45, 2.75) is 95.4 Å². The molecule has 3 aliphatic heterocycles. The summed E-state index contributed by atoms with van der Waals surface area (Å²) in [6, 6.07) is 10.2. The number of hydrogen-bond donors (Lipinski definition) is 3. The molecule has 0 spiro atoms. The van der Waals surface area contributed by atoms with Gasteiger partial charge in [0.2, 0.25) is 5.91 Å². The lowest BCUT2D eigenvalue weighted by atomic mass is 9.75. The Morgan fingerprint density at radius 3 is 2.38 bits per heavy atom. The van der Waals surface area contributed by atoms with Crippen LogP contribution in [0.2, 0.25) is 0 Å². The topological polar surface area (TPSA) is 86.5 Å². The Morgan fingerprint density at radius 1 is 1.16 bits per heavy atom. The summed E-state index contributed by atoms with van der Waals surface area (Å²) >= 11 is 0. The van der Waals surface area contributed by atoms with Gasteiger partial charge in [-0.25, -0.2) is 8.78 Å². The highest BCUT2D eigenvalue weighted by atomic mass is 19.3. The van der Waals surface area contributed by atoms with Gasteiger partial charge < -0.3 is 10.2 Å². The number of likely N-dealkylation sites (N-methyl/N-ethyl adjacent to an activating group) is 1. The average molecular weight is 517 g/mol. The van der Waals surface area contributed by atoms with Crippen LogP contribution in [0.4, 0.5) is 8.78 Å². The van der Waals surface area contributed by atoms with Crippen LogP contribution >= 0.6 is 0 Å². The number of amides is 1. The minimum atomic E-state index is -2.74. The Hall–Kier alpha value is -2.39. The number of nitrogens with one attached hydrogen (secondary N) is 3. The number of alkyl halides is 2. The van der Waals surface area contributed by atoms with Crippen LogP contribution in [-0.4, -0.2) is 82.5 Å². The zero-order chi connectivity index (χ0) is 26.9. The van der Waals surface area contributed by atoms with Crippen molar-refractivity contribution in [1.29, 1.82) is 10.8 Å². The number of carbonyl (C=O) groups is 1. The van der Waals surface area contributed by atoms with Crippen LogP contribution in [0.15, 0.2) is 30.3 Å². The van der Waals surface area contributed by atoms with E-state index in [4.69, 9.17) is 10.8 Å². The van der Waals surface area contributed by atoms with Crippen molar-refractivity contribution in [3.8, 4) is 0 Å². The van der Waals surface area contributed by atoms with Gasteiger partial charge in [-0.2, -0.15) is 0 Å². The molecule has 1 aromatic carbocycles. The van der Waals surface area contributed by atoms with Crippen LogP contribution in [0.25, 0.3) is 0 Å². The molecule has 1 aliphatic carbocycles. The third-order valence-corrected chi connectivity index (χ3v) is 8.40. The molecule has 3 saturated heterocycles. The summed E-state index contributed by atoms with van der Waals surface area (Å²) in [5, 5.41) is 19.9. The highest BCUT2D eigenvalue weighted by Gasteiger charge is 2.47. The van der Waals surface area contributed by atoms with Crippen molar-refractivity contribution in [1.82, 2.24) is 20.0 Å². The molecule has 5 atom stereocenters.